The molecule has 2 heterocycles. The number of hydrogen-bond donors (Lipinski definition) is 2. The molecule has 1 aromatic carbocycles. The Bertz CT molecular complexity index is 1030. The van der Waals surface area contributed by atoms with Gasteiger partial charge in [0.1, 0.15) is 23.7 Å². The zero-order valence-electron chi connectivity index (χ0n) is 15.2. The molecule has 158 valence electrons. The number of aliphatic hydroxyl groups is 1. The summed E-state index contributed by atoms with van der Waals surface area (Å²) < 4.78 is 59.4. The molecule has 0 saturated carbocycles. The lowest BCUT2D eigenvalue weighted by Crippen LogP contribution is -2.48. The Labute approximate surface area is 166 Å². The molecular formula is C18H15F4N5O3. The van der Waals surface area contributed by atoms with Gasteiger partial charge in [-0.2, -0.15) is 8.78 Å². The van der Waals surface area contributed by atoms with E-state index in [1.54, 1.807) is 0 Å². The molecule has 0 amide bonds. The number of tetrazole rings is 1. The highest BCUT2D eigenvalue weighted by Crippen LogP contribution is 2.46. The van der Waals surface area contributed by atoms with Crippen LogP contribution >= 0.6 is 0 Å². The van der Waals surface area contributed by atoms with Gasteiger partial charge in [-0.25, -0.2) is 13.5 Å². The molecule has 3 aromatic rings. The molecule has 1 atom stereocenters. The van der Waals surface area contributed by atoms with Crippen molar-refractivity contribution < 1.29 is 32.6 Å². The number of carbonyl (C=O) groups is 1. The van der Waals surface area contributed by atoms with Crippen LogP contribution in [-0.2, 0) is 29.3 Å². The largest absolute Gasteiger partial charge is 0.481 e. The van der Waals surface area contributed by atoms with E-state index in [9.17, 15) is 18.7 Å². The van der Waals surface area contributed by atoms with Crippen LogP contribution in [-0.4, -0.2) is 41.4 Å². The third-order valence-corrected chi connectivity index (χ3v) is 4.45. The van der Waals surface area contributed by atoms with Gasteiger partial charge in [0, 0.05) is 24.2 Å². The van der Waals surface area contributed by atoms with Gasteiger partial charge in [0.15, 0.2) is 5.60 Å². The molecule has 0 spiro atoms. The molecule has 0 aliphatic carbocycles. The number of pyridine rings is 1. The Hall–Kier alpha value is -3.41. The molecule has 0 aliphatic heterocycles. The molecular weight excluding hydrogens is 410 g/mol. The number of rotatable bonds is 8. The van der Waals surface area contributed by atoms with E-state index in [1.807, 2.05) is 0 Å². The Morgan fingerprint density at radius 1 is 1.17 bits per heavy atom. The molecule has 30 heavy (non-hydrogen) atoms. The number of alkyl halides is 2. The van der Waals surface area contributed by atoms with Gasteiger partial charge >= 0.3 is 11.9 Å². The van der Waals surface area contributed by atoms with Crippen LogP contribution < -0.4 is 0 Å². The molecule has 8 nitrogen and oxygen atoms in total. The van der Waals surface area contributed by atoms with Gasteiger partial charge in [0.25, 0.3) is 0 Å². The lowest BCUT2D eigenvalue weighted by atomic mass is 9.84. The molecule has 0 radical (unpaired) electrons. The fourth-order valence-electron chi connectivity index (χ4n) is 2.89. The maximum Gasteiger partial charge on any atom is 0.323 e. The second-order valence-electron chi connectivity index (χ2n) is 6.51. The van der Waals surface area contributed by atoms with Crippen molar-refractivity contribution in [3.63, 3.8) is 0 Å². The summed E-state index contributed by atoms with van der Waals surface area (Å²) in [5, 5.41) is 29.7. The van der Waals surface area contributed by atoms with E-state index < -0.39 is 46.9 Å². The first kappa shape index (κ1) is 21.3. The summed E-state index contributed by atoms with van der Waals surface area (Å²) in [5.74, 6) is -7.62. The summed E-state index contributed by atoms with van der Waals surface area (Å²) in [6.07, 6.45) is 1.84. The summed E-state index contributed by atoms with van der Waals surface area (Å²) >= 11 is 0. The molecule has 1 unspecified atom stereocenters. The maximum absolute atomic E-state index is 15.5. The van der Waals surface area contributed by atoms with Gasteiger partial charge in [-0.3, -0.25) is 9.78 Å². The highest BCUT2D eigenvalue weighted by molar-refractivity contribution is 5.67. The summed E-state index contributed by atoms with van der Waals surface area (Å²) in [4.78, 5) is 14.3. The smallest absolute Gasteiger partial charge is 0.323 e. The van der Waals surface area contributed by atoms with Crippen molar-refractivity contribution in [2.45, 2.75) is 30.9 Å². The van der Waals surface area contributed by atoms with Crippen LogP contribution in [0.3, 0.4) is 0 Å². The van der Waals surface area contributed by atoms with Gasteiger partial charge < -0.3 is 10.2 Å². The Balaban J connectivity index is 2.04. The van der Waals surface area contributed by atoms with Crippen molar-refractivity contribution in [1.29, 1.82) is 0 Å². The Morgan fingerprint density at radius 2 is 1.93 bits per heavy atom. The van der Waals surface area contributed by atoms with Gasteiger partial charge in [-0.1, -0.05) is 6.07 Å². The minimum atomic E-state index is -4.16. The van der Waals surface area contributed by atoms with Crippen LogP contribution in [0.2, 0.25) is 0 Å². The Kier molecular flexibility index (Phi) is 5.78. The molecule has 0 aliphatic rings. The van der Waals surface area contributed by atoms with Crippen molar-refractivity contribution >= 4 is 5.97 Å². The maximum atomic E-state index is 15.5. The van der Waals surface area contributed by atoms with Crippen molar-refractivity contribution in [2.75, 3.05) is 0 Å². The predicted octanol–water partition coefficient (Wildman–Crippen LogP) is 2.04. The van der Waals surface area contributed by atoms with E-state index in [2.05, 4.69) is 20.5 Å². The van der Waals surface area contributed by atoms with Crippen LogP contribution in [0.5, 0.6) is 0 Å². The minimum Gasteiger partial charge on any atom is -0.481 e. The summed E-state index contributed by atoms with van der Waals surface area (Å²) in [7, 11) is 0. The van der Waals surface area contributed by atoms with Gasteiger partial charge in [-0.05, 0) is 40.6 Å². The van der Waals surface area contributed by atoms with Crippen LogP contribution in [0, 0.1) is 11.6 Å². The first-order valence-electron chi connectivity index (χ1n) is 8.57. The van der Waals surface area contributed by atoms with Crippen molar-refractivity contribution in [3.8, 4) is 0 Å². The number of aryl methyl sites for hydroxylation is 1. The second-order valence-corrected chi connectivity index (χ2v) is 6.51. The van der Waals surface area contributed by atoms with E-state index in [4.69, 9.17) is 5.11 Å². The fraction of sp³-hybridized carbons (Fsp3) is 0.278. The number of hydrogen-bond acceptors (Lipinski definition) is 6. The van der Waals surface area contributed by atoms with Crippen LogP contribution in [0.1, 0.15) is 23.2 Å². The molecule has 12 heteroatoms. The number of halogens is 4. The number of aromatic nitrogens is 5. The number of benzene rings is 1. The summed E-state index contributed by atoms with van der Waals surface area (Å²) in [6.45, 7) is -0.960. The predicted molar refractivity (Wildman–Crippen MR) is 92.2 cm³/mol. The highest BCUT2D eigenvalue weighted by atomic mass is 19.3. The number of carboxylic acid groups (broad SMARTS) is 1. The monoisotopic (exact) mass is 425 g/mol. The quantitative estimate of drug-likeness (QED) is 0.531. The number of nitrogens with zero attached hydrogens (tertiary/aromatic N) is 5. The molecule has 0 fully saturated rings. The molecule has 0 saturated heterocycles. The average molecular weight is 425 g/mol. The lowest BCUT2D eigenvalue weighted by Gasteiger charge is -2.35. The van der Waals surface area contributed by atoms with Gasteiger partial charge in [-0.15, -0.1) is 5.10 Å². The van der Waals surface area contributed by atoms with Crippen LogP contribution in [0.4, 0.5) is 17.6 Å². The average Bonchev–Trinajstić information content (AvgIpc) is 3.19. The standard InChI is InChI=1S/C18H15F4N5O3/c19-12-3-4-13(14(20)7-12)17(30,9-27-10-24-25-26-27)18(21,22)15-5-1-11(8-23-15)2-6-16(28)29/h1,3-5,7-8,10,30H,2,6,9H2,(H,28,29). The molecule has 3 rings (SSSR count). The van der Waals surface area contributed by atoms with Crippen LogP contribution in [0.15, 0.2) is 42.9 Å². The van der Waals surface area contributed by atoms with Crippen molar-refractivity contribution in [1.82, 2.24) is 25.2 Å². The second kappa shape index (κ2) is 8.14. The van der Waals surface area contributed by atoms with E-state index in [0.29, 0.717) is 17.7 Å². The van der Waals surface area contributed by atoms with Gasteiger partial charge in [0.2, 0.25) is 0 Å². The van der Waals surface area contributed by atoms with E-state index in [-0.39, 0.29) is 12.8 Å². The van der Waals surface area contributed by atoms with Crippen molar-refractivity contribution in [2.24, 2.45) is 0 Å². The third kappa shape index (κ3) is 4.13. The SMILES string of the molecule is O=C(O)CCc1ccc(C(F)(F)C(O)(Cn2cnnn2)c2ccc(F)cc2F)nc1. The van der Waals surface area contributed by atoms with Crippen molar-refractivity contribution in [3.05, 3.63) is 71.3 Å². The topological polar surface area (TPSA) is 114 Å². The normalized spacial score (nSPS) is 13.8. The zero-order chi connectivity index (χ0) is 21.9. The molecule has 2 aromatic heterocycles. The number of carboxylic acids is 1. The van der Waals surface area contributed by atoms with E-state index >= 15 is 8.78 Å². The van der Waals surface area contributed by atoms with E-state index in [0.717, 1.165) is 29.3 Å². The zero-order valence-corrected chi connectivity index (χ0v) is 15.2. The highest BCUT2D eigenvalue weighted by Gasteiger charge is 2.57. The molecule has 0 bridgehead atoms. The summed E-state index contributed by atoms with van der Waals surface area (Å²) in [5.41, 5.74) is -4.62. The number of aliphatic carboxylic acids is 1. The summed E-state index contributed by atoms with van der Waals surface area (Å²) in [6, 6.07) is 3.96. The lowest BCUT2D eigenvalue weighted by molar-refractivity contribution is -0.207. The molecule has 2 N–H and O–H groups in total. The third-order valence-electron chi connectivity index (χ3n) is 4.45. The van der Waals surface area contributed by atoms with Gasteiger partial charge in [0.05, 0.1) is 6.54 Å². The minimum absolute atomic E-state index is 0.0651. The fourth-order valence-corrected chi connectivity index (χ4v) is 2.89. The Morgan fingerprint density at radius 3 is 2.50 bits per heavy atom. The first-order chi connectivity index (χ1) is 14.1. The van der Waals surface area contributed by atoms with E-state index in [1.165, 1.54) is 6.07 Å². The van der Waals surface area contributed by atoms with Crippen LogP contribution in [0.25, 0.3) is 0 Å². The first-order valence-corrected chi connectivity index (χ1v) is 8.57.